The number of aryl methyl sites for hydroxylation is 2. The first-order valence-corrected chi connectivity index (χ1v) is 10.5. The monoisotopic (exact) mass is 412 g/mol. The van der Waals surface area contributed by atoms with Crippen molar-refractivity contribution < 1.29 is 4.39 Å². The Morgan fingerprint density at radius 1 is 1.07 bits per heavy atom. The minimum absolute atomic E-state index is 0.196. The van der Waals surface area contributed by atoms with Gasteiger partial charge in [0.25, 0.3) is 5.56 Å². The number of benzene rings is 1. The first-order valence-electron chi connectivity index (χ1n) is 8.63. The highest BCUT2D eigenvalue weighted by Gasteiger charge is 2.14. The number of aromatic amines is 1. The van der Waals surface area contributed by atoms with Crippen molar-refractivity contribution in [2.45, 2.75) is 31.7 Å². The van der Waals surface area contributed by atoms with Crippen LogP contribution in [0.25, 0.3) is 21.3 Å². The maximum absolute atomic E-state index is 13.2. The van der Waals surface area contributed by atoms with E-state index in [1.807, 2.05) is 26.2 Å². The van der Waals surface area contributed by atoms with Gasteiger partial charge in [0.15, 0.2) is 5.16 Å². The Labute approximate surface area is 169 Å². The van der Waals surface area contributed by atoms with Gasteiger partial charge in [0, 0.05) is 22.3 Å². The molecule has 0 aliphatic rings. The summed E-state index contributed by atoms with van der Waals surface area (Å²) in [6.07, 6.45) is 0. The molecule has 4 aromatic rings. The quantitative estimate of drug-likeness (QED) is 0.385. The van der Waals surface area contributed by atoms with Gasteiger partial charge in [-0.1, -0.05) is 23.9 Å². The number of aromatic nitrogens is 4. The average molecular weight is 413 g/mol. The van der Waals surface area contributed by atoms with Crippen LogP contribution in [-0.4, -0.2) is 19.9 Å². The van der Waals surface area contributed by atoms with E-state index in [0.29, 0.717) is 27.0 Å². The molecule has 28 heavy (non-hydrogen) atoms. The molecule has 0 aliphatic carbocycles. The van der Waals surface area contributed by atoms with Crippen molar-refractivity contribution in [2.75, 3.05) is 0 Å². The largest absolute Gasteiger partial charge is 0.309 e. The third kappa shape index (κ3) is 3.57. The second-order valence-electron chi connectivity index (χ2n) is 6.44. The van der Waals surface area contributed by atoms with Crippen LogP contribution in [0.2, 0.25) is 0 Å². The molecule has 3 heterocycles. The molecule has 5 nitrogen and oxygen atoms in total. The van der Waals surface area contributed by atoms with Crippen molar-refractivity contribution in [3.63, 3.8) is 0 Å². The summed E-state index contributed by atoms with van der Waals surface area (Å²) in [7, 11) is 0. The van der Waals surface area contributed by atoms with Crippen molar-refractivity contribution >= 4 is 33.3 Å². The molecule has 0 unspecified atom stereocenters. The summed E-state index contributed by atoms with van der Waals surface area (Å²) in [5.41, 5.74) is 4.35. The number of thioether (sulfide) groups is 1. The molecule has 0 bridgehead atoms. The van der Waals surface area contributed by atoms with Gasteiger partial charge in [0.1, 0.15) is 16.5 Å². The van der Waals surface area contributed by atoms with Crippen LogP contribution >= 0.6 is 23.1 Å². The standard InChI is InChI=1S/C20H17FN4OS2/c1-10-11(2)22-20(23-12(10)3)28-9-16-24-18(26)17-15(8-27-19(17)25-16)13-4-6-14(21)7-5-13/h4-8H,9H2,1-3H3,(H,24,25,26). The van der Waals surface area contributed by atoms with E-state index < -0.39 is 0 Å². The second-order valence-corrected chi connectivity index (χ2v) is 8.24. The Kier molecular flexibility index (Phi) is 4.99. The highest BCUT2D eigenvalue weighted by molar-refractivity contribution is 7.98. The van der Waals surface area contributed by atoms with E-state index in [0.717, 1.165) is 28.1 Å². The van der Waals surface area contributed by atoms with Gasteiger partial charge in [-0.25, -0.2) is 19.3 Å². The Morgan fingerprint density at radius 3 is 2.43 bits per heavy atom. The summed E-state index contributed by atoms with van der Waals surface area (Å²) in [6.45, 7) is 5.92. The fourth-order valence-electron chi connectivity index (χ4n) is 2.84. The molecule has 0 saturated heterocycles. The lowest BCUT2D eigenvalue weighted by Crippen LogP contribution is -2.11. The predicted molar refractivity (Wildman–Crippen MR) is 111 cm³/mol. The summed E-state index contributed by atoms with van der Waals surface area (Å²) in [5.74, 6) is 0.740. The number of fused-ring (bicyclic) bond motifs is 1. The van der Waals surface area contributed by atoms with E-state index in [9.17, 15) is 9.18 Å². The average Bonchev–Trinajstić information content (AvgIpc) is 3.09. The molecule has 1 aromatic carbocycles. The molecule has 4 rings (SSSR count). The van der Waals surface area contributed by atoms with Crippen LogP contribution in [-0.2, 0) is 5.75 Å². The molecular formula is C20H17FN4OS2. The van der Waals surface area contributed by atoms with Crippen molar-refractivity contribution in [1.29, 1.82) is 0 Å². The number of nitrogens with zero attached hydrogens (tertiary/aromatic N) is 3. The van der Waals surface area contributed by atoms with Crippen LogP contribution in [0.1, 0.15) is 22.8 Å². The van der Waals surface area contributed by atoms with E-state index in [1.54, 1.807) is 12.1 Å². The number of nitrogens with one attached hydrogen (secondary N) is 1. The summed E-state index contributed by atoms with van der Waals surface area (Å²) in [4.78, 5) is 29.8. The molecule has 0 radical (unpaired) electrons. The molecule has 0 spiro atoms. The van der Waals surface area contributed by atoms with Crippen LogP contribution in [0.3, 0.4) is 0 Å². The van der Waals surface area contributed by atoms with Gasteiger partial charge in [-0.3, -0.25) is 4.79 Å². The zero-order valence-electron chi connectivity index (χ0n) is 15.5. The first-order chi connectivity index (χ1) is 13.4. The molecule has 1 N–H and O–H groups in total. The predicted octanol–water partition coefficient (Wildman–Crippen LogP) is 4.80. The van der Waals surface area contributed by atoms with Gasteiger partial charge in [-0.15, -0.1) is 11.3 Å². The van der Waals surface area contributed by atoms with Crippen LogP contribution < -0.4 is 5.56 Å². The fourth-order valence-corrected chi connectivity index (χ4v) is 4.61. The van der Waals surface area contributed by atoms with Crippen LogP contribution in [0.15, 0.2) is 39.6 Å². The third-order valence-electron chi connectivity index (χ3n) is 4.60. The van der Waals surface area contributed by atoms with Gasteiger partial charge in [-0.2, -0.15) is 0 Å². The number of thiophene rings is 1. The number of rotatable bonds is 4. The van der Waals surface area contributed by atoms with Crippen LogP contribution in [0.4, 0.5) is 4.39 Å². The Morgan fingerprint density at radius 2 is 1.75 bits per heavy atom. The first kappa shape index (κ1) is 18.8. The Hall–Kier alpha value is -2.58. The molecule has 3 aromatic heterocycles. The summed E-state index contributed by atoms with van der Waals surface area (Å²) in [6, 6.07) is 6.10. The number of halogens is 1. The van der Waals surface area contributed by atoms with Crippen molar-refractivity contribution in [3.8, 4) is 11.1 Å². The number of hydrogen-bond donors (Lipinski definition) is 1. The molecule has 0 amide bonds. The highest BCUT2D eigenvalue weighted by atomic mass is 32.2. The Balaban J connectivity index is 1.63. The zero-order chi connectivity index (χ0) is 19.8. The minimum atomic E-state index is -0.307. The third-order valence-corrected chi connectivity index (χ3v) is 6.33. The topological polar surface area (TPSA) is 71.5 Å². The second kappa shape index (κ2) is 7.44. The molecule has 0 saturated carbocycles. The van der Waals surface area contributed by atoms with E-state index >= 15 is 0 Å². The van der Waals surface area contributed by atoms with Gasteiger partial charge < -0.3 is 4.98 Å². The molecule has 0 aliphatic heterocycles. The van der Waals surface area contributed by atoms with E-state index in [2.05, 4.69) is 19.9 Å². The lowest BCUT2D eigenvalue weighted by molar-refractivity contribution is 0.628. The van der Waals surface area contributed by atoms with E-state index in [-0.39, 0.29) is 11.4 Å². The summed E-state index contributed by atoms with van der Waals surface area (Å²) < 4.78 is 13.2. The van der Waals surface area contributed by atoms with E-state index in [1.165, 1.54) is 35.2 Å². The summed E-state index contributed by atoms with van der Waals surface area (Å²) in [5, 5.41) is 3.08. The SMILES string of the molecule is Cc1nc(SCc2nc3scc(-c4ccc(F)cc4)c3c(=O)[nH]2)nc(C)c1C. The van der Waals surface area contributed by atoms with Crippen molar-refractivity contribution in [1.82, 2.24) is 19.9 Å². The van der Waals surface area contributed by atoms with Gasteiger partial charge in [-0.05, 0) is 44.0 Å². The van der Waals surface area contributed by atoms with Gasteiger partial charge in [0.2, 0.25) is 0 Å². The number of hydrogen-bond acceptors (Lipinski definition) is 6. The zero-order valence-corrected chi connectivity index (χ0v) is 17.2. The van der Waals surface area contributed by atoms with Gasteiger partial charge >= 0.3 is 0 Å². The molecule has 142 valence electrons. The minimum Gasteiger partial charge on any atom is -0.309 e. The molecule has 0 fully saturated rings. The maximum Gasteiger partial charge on any atom is 0.260 e. The maximum atomic E-state index is 13.2. The Bertz CT molecular complexity index is 1210. The molecule has 0 atom stereocenters. The molecule has 8 heteroatoms. The van der Waals surface area contributed by atoms with Crippen LogP contribution in [0.5, 0.6) is 0 Å². The smallest absolute Gasteiger partial charge is 0.260 e. The lowest BCUT2D eigenvalue weighted by Gasteiger charge is -2.06. The van der Waals surface area contributed by atoms with Crippen molar-refractivity contribution in [2.24, 2.45) is 0 Å². The fraction of sp³-hybridized carbons (Fsp3) is 0.200. The number of H-pyrrole nitrogens is 1. The molecular weight excluding hydrogens is 395 g/mol. The van der Waals surface area contributed by atoms with E-state index in [4.69, 9.17) is 0 Å². The summed E-state index contributed by atoms with van der Waals surface area (Å²) >= 11 is 2.85. The lowest BCUT2D eigenvalue weighted by atomic mass is 10.1. The van der Waals surface area contributed by atoms with Gasteiger partial charge in [0.05, 0.1) is 11.1 Å². The van der Waals surface area contributed by atoms with Crippen molar-refractivity contribution in [3.05, 3.63) is 68.6 Å². The normalized spacial score (nSPS) is 11.3. The highest BCUT2D eigenvalue weighted by Crippen LogP contribution is 2.31. The van der Waals surface area contributed by atoms with Crippen LogP contribution in [0, 0.1) is 26.6 Å².